The molecule has 1 amide bonds. The molecule has 3 aromatic rings. The molecule has 0 bridgehead atoms. The van der Waals surface area contributed by atoms with Crippen molar-refractivity contribution < 1.29 is 4.79 Å². The van der Waals surface area contributed by atoms with Crippen molar-refractivity contribution in [2.24, 2.45) is 7.05 Å². The summed E-state index contributed by atoms with van der Waals surface area (Å²) in [5.74, 6) is 0.0231. The number of carbonyl (C=O) groups is 1. The first-order valence-corrected chi connectivity index (χ1v) is 9.64. The van der Waals surface area contributed by atoms with Gasteiger partial charge in [0.05, 0.1) is 10.9 Å². The minimum absolute atomic E-state index is 0.0231. The lowest BCUT2D eigenvalue weighted by Crippen LogP contribution is -2.47. The minimum atomic E-state index is 0.0231. The van der Waals surface area contributed by atoms with Gasteiger partial charge in [0, 0.05) is 44.5 Å². The monoisotopic (exact) mass is 366 g/mol. The first kappa shape index (κ1) is 16.8. The van der Waals surface area contributed by atoms with Crippen molar-refractivity contribution >= 4 is 22.9 Å². The van der Waals surface area contributed by atoms with E-state index in [1.807, 2.05) is 11.7 Å². The number of benzene rings is 1. The van der Waals surface area contributed by atoms with Crippen LogP contribution in [0.1, 0.15) is 18.1 Å². The van der Waals surface area contributed by atoms with Gasteiger partial charge >= 0.3 is 0 Å². The van der Waals surface area contributed by atoms with Crippen LogP contribution in [-0.4, -0.2) is 28.3 Å². The van der Waals surface area contributed by atoms with Crippen LogP contribution in [0.5, 0.6) is 0 Å². The summed E-state index contributed by atoms with van der Waals surface area (Å²) in [7, 11) is 1.96. The standard InChI is InChI=1S/C20H22N4OS/c1-14(25)21-17-10-15-6-3-4-7-18(15)24(13-17)12-16-11-23(2)22-20(16)19-8-5-9-26-19/h3-9,11,17H,10,12-13H2,1-2H3,(H,21,25). The SMILES string of the molecule is CC(=O)NC1Cc2ccccc2N(Cc2cn(C)nc2-c2cccs2)C1. The van der Waals surface area contributed by atoms with E-state index < -0.39 is 0 Å². The Morgan fingerprint density at radius 3 is 2.92 bits per heavy atom. The maximum Gasteiger partial charge on any atom is 0.217 e. The Morgan fingerprint density at radius 2 is 2.15 bits per heavy atom. The maximum absolute atomic E-state index is 11.6. The molecule has 4 rings (SSSR count). The number of carbonyl (C=O) groups excluding carboxylic acids is 1. The van der Waals surface area contributed by atoms with Crippen LogP contribution in [-0.2, 0) is 24.8 Å². The third kappa shape index (κ3) is 3.37. The number of nitrogens with one attached hydrogen (secondary N) is 1. The fourth-order valence-corrected chi connectivity index (χ4v) is 4.44. The van der Waals surface area contributed by atoms with Gasteiger partial charge in [0.15, 0.2) is 0 Å². The largest absolute Gasteiger partial charge is 0.365 e. The molecule has 0 saturated heterocycles. The number of para-hydroxylation sites is 1. The van der Waals surface area contributed by atoms with E-state index in [2.05, 4.69) is 63.3 Å². The summed E-state index contributed by atoms with van der Waals surface area (Å²) in [6, 6.07) is 12.8. The second kappa shape index (κ2) is 6.96. The van der Waals surface area contributed by atoms with E-state index in [1.54, 1.807) is 18.3 Å². The Balaban J connectivity index is 1.66. The van der Waals surface area contributed by atoms with Crippen molar-refractivity contribution in [1.82, 2.24) is 15.1 Å². The number of hydrogen-bond donors (Lipinski definition) is 1. The fourth-order valence-electron chi connectivity index (χ4n) is 3.70. The number of rotatable bonds is 4. The third-order valence-electron chi connectivity index (χ3n) is 4.67. The molecule has 5 nitrogen and oxygen atoms in total. The first-order chi connectivity index (χ1) is 12.6. The lowest BCUT2D eigenvalue weighted by atomic mass is 9.97. The number of amides is 1. The molecule has 0 spiro atoms. The summed E-state index contributed by atoms with van der Waals surface area (Å²) in [5.41, 5.74) is 4.77. The number of aromatic nitrogens is 2. The highest BCUT2D eigenvalue weighted by molar-refractivity contribution is 7.13. The van der Waals surface area contributed by atoms with Crippen LogP contribution in [0, 0.1) is 0 Å². The van der Waals surface area contributed by atoms with E-state index in [-0.39, 0.29) is 11.9 Å². The number of fused-ring (bicyclic) bond motifs is 1. The lowest BCUT2D eigenvalue weighted by molar-refractivity contribution is -0.119. The average molecular weight is 366 g/mol. The van der Waals surface area contributed by atoms with Crippen LogP contribution in [0.4, 0.5) is 5.69 Å². The molecule has 0 fully saturated rings. The molecule has 26 heavy (non-hydrogen) atoms. The molecule has 1 atom stereocenters. The van der Waals surface area contributed by atoms with Crippen LogP contribution >= 0.6 is 11.3 Å². The van der Waals surface area contributed by atoms with Gasteiger partial charge in [0.2, 0.25) is 5.91 Å². The van der Waals surface area contributed by atoms with Crippen LogP contribution in [0.15, 0.2) is 48.0 Å². The van der Waals surface area contributed by atoms with Crippen molar-refractivity contribution in [2.45, 2.75) is 25.9 Å². The Kier molecular flexibility index (Phi) is 4.51. The highest BCUT2D eigenvalue weighted by Crippen LogP contribution is 2.32. The summed E-state index contributed by atoms with van der Waals surface area (Å²) < 4.78 is 1.88. The molecule has 2 aromatic heterocycles. The summed E-state index contributed by atoms with van der Waals surface area (Å²) in [6.45, 7) is 3.16. The number of hydrogen-bond acceptors (Lipinski definition) is 4. The van der Waals surface area contributed by atoms with E-state index in [0.717, 1.165) is 25.2 Å². The molecular formula is C20H22N4OS. The zero-order chi connectivity index (χ0) is 18.1. The lowest BCUT2D eigenvalue weighted by Gasteiger charge is -2.36. The molecule has 0 saturated carbocycles. The highest BCUT2D eigenvalue weighted by atomic mass is 32.1. The smallest absolute Gasteiger partial charge is 0.217 e. The predicted molar refractivity (Wildman–Crippen MR) is 105 cm³/mol. The van der Waals surface area contributed by atoms with Crippen molar-refractivity contribution in [3.05, 3.63) is 59.1 Å². The molecule has 3 heterocycles. The van der Waals surface area contributed by atoms with Crippen LogP contribution in [0.3, 0.4) is 0 Å². The molecule has 0 aliphatic carbocycles. The number of aryl methyl sites for hydroxylation is 1. The van der Waals surface area contributed by atoms with Gasteiger partial charge in [-0.3, -0.25) is 9.48 Å². The minimum Gasteiger partial charge on any atom is -0.365 e. The molecule has 6 heteroatoms. The number of thiophene rings is 1. The van der Waals surface area contributed by atoms with E-state index >= 15 is 0 Å². The van der Waals surface area contributed by atoms with Gasteiger partial charge in [-0.15, -0.1) is 11.3 Å². The Labute approximate surface area is 157 Å². The van der Waals surface area contributed by atoms with Crippen molar-refractivity contribution in [1.29, 1.82) is 0 Å². The second-order valence-corrected chi connectivity index (χ2v) is 7.71. The van der Waals surface area contributed by atoms with Gasteiger partial charge in [-0.25, -0.2) is 0 Å². The van der Waals surface area contributed by atoms with Crippen LogP contribution < -0.4 is 10.2 Å². The van der Waals surface area contributed by atoms with Crippen molar-refractivity contribution in [2.75, 3.05) is 11.4 Å². The third-order valence-corrected chi connectivity index (χ3v) is 5.54. The molecule has 1 aliphatic heterocycles. The zero-order valence-corrected chi connectivity index (χ0v) is 15.8. The molecular weight excluding hydrogens is 344 g/mol. The fraction of sp³-hybridized carbons (Fsp3) is 0.300. The summed E-state index contributed by atoms with van der Waals surface area (Å²) in [6.07, 6.45) is 2.97. The highest BCUT2D eigenvalue weighted by Gasteiger charge is 2.26. The molecule has 134 valence electrons. The maximum atomic E-state index is 11.6. The Morgan fingerprint density at radius 1 is 1.31 bits per heavy atom. The average Bonchev–Trinajstić information content (AvgIpc) is 3.24. The van der Waals surface area contributed by atoms with E-state index in [4.69, 9.17) is 0 Å². The molecule has 1 N–H and O–H groups in total. The molecule has 1 unspecified atom stereocenters. The number of nitrogens with zero attached hydrogens (tertiary/aromatic N) is 3. The van der Waals surface area contributed by atoms with Gasteiger partial charge in [-0.2, -0.15) is 5.10 Å². The normalized spacial score (nSPS) is 16.4. The topological polar surface area (TPSA) is 50.2 Å². The van der Waals surface area contributed by atoms with Gasteiger partial charge < -0.3 is 10.2 Å². The predicted octanol–water partition coefficient (Wildman–Crippen LogP) is 3.22. The molecule has 1 aliphatic rings. The zero-order valence-electron chi connectivity index (χ0n) is 15.0. The van der Waals surface area contributed by atoms with Gasteiger partial charge in [0.25, 0.3) is 0 Å². The second-order valence-electron chi connectivity index (χ2n) is 6.76. The van der Waals surface area contributed by atoms with E-state index in [1.165, 1.54) is 21.7 Å². The number of anilines is 1. The van der Waals surface area contributed by atoms with Gasteiger partial charge in [-0.1, -0.05) is 24.3 Å². The van der Waals surface area contributed by atoms with Crippen molar-refractivity contribution in [3.8, 4) is 10.6 Å². The summed E-state index contributed by atoms with van der Waals surface area (Å²) >= 11 is 1.71. The van der Waals surface area contributed by atoms with E-state index in [9.17, 15) is 4.79 Å². The van der Waals surface area contributed by atoms with Crippen LogP contribution in [0.2, 0.25) is 0 Å². The summed E-state index contributed by atoms with van der Waals surface area (Å²) in [4.78, 5) is 15.1. The quantitative estimate of drug-likeness (QED) is 0.771. The first-order valence-electron chi connectivity index (χ1n) is 8.76. The van der Waals surface area contributed by atoms with Crippen molar-refractivity contribution in [3.63, 3.8) is 0 Å². The molecule has 0 radical (unpaired) electrons. The van der Waals surface area contributed by atoms with E-state index in [0.29, 0.717) is 0 Å². The van der Waals surface area contributed by atoms with Gasteiger partial charge in [0.1, 0.15) is 5.69 Å². The van der Waals surface area contributed by atoms with Crippen LogP contribution in [0.25, 0.3) is 10.6 Å². The summed E-state index contributed by atoms with van der Waals surface area (Å²) in [5, 5.41) is 9.84. The molecule has 1 aromatic carbocycles. The Hall–Kier alpha value is -2.60. The van der Waals surface area contributed by atoms with Gasteiger partial charge in [-0.05, 0) is 29.5 Å². The Bertz CT molecular complexity index is 916.